The Morgan fingerprint density at radius 2 is 1.94 bits per heavy atom. The van der Waals surface area contributed by atoms with Crippen LogP contribution in [0.3, 0.4) is 0 Å². The first-order valence-corrected chi connectivity index (χ1v) is 5.12. The summed E-state index contributed by atoms with van der Waals surface area (Å²) in [5, 5.41) is 0. The number of rotatable bonds is 1. The summed E-state index contributed by atoms with van der Waals surface area (Å²) in [7, 11) is 0. The van der Waals surface area contributed by atoms with Crippen LogP contribution in [0.5, 0.6) is 0 Å². The Morgan fingerprint density at radius 3 is 2.75 bits per heavy atom. The number of benzene rings is 1. The van der Waals surface area contributed by atoms with E-state index in [0.717, 1.165) is 22.4 Å². The van der Waals surface area contributed by atoms with Crippen LogP contribution in [-0.2, 0) is 0 Å². The molecule has 0 unspecified atom stereocenters. The molecule has 0 aliphatic carbocycles. The zero-order valence-corrected chi connectivity index (χ0v) is 8.84. The molecule has 0 atom stereocenters. The van der Waals surface area contributed by atoms with Gasteiger partial charge in [-0.15, -0.1) is 0 Å². The van der Waals surface area contributed by atoms with Crippen LogP contribution in [-0.4, -0.2) is 9.97 Å². The van der Waals surface area contributed by atoms with Crippen LogP contribution in [0.15, 0.2) is 47.0 Å². The van der Waals surface area contributed by atoms with Crippen molar-refractivity contribution in [3.8, 4) is 11.6 Å². The average Bonchev–Trinajstić information content (AvgIpc) is 2.73. The summed E-state index contributed by atoms with van der Waals surface area (Å²) in [4.78, 5) is 8.70. The number of hydrogen-bond acceptors (Lipinski definition) is 3. The lowest BCUT2D eigenvalue weighted by Crippen LogP contribution is -1.86. The van der Waals surface area contributed by atoms with Crippen molar-refractivity contribution in [1.82, 2.24) is 9.97 Å². The second-order valence-corrected chi connectivity index (χ2v) is 3.66. The smallest absolute Gasteiger partial charge is 0.246 e. The van der Waals surface area contributed by atoms with Crippen LogP contribution in [0.2, 0.25) is 0 Å². The molecule has 16 heavy (non-hydrogen) atoms. The van der Waals surface area contributed by atoms with Gasteiger partial charge in [0.2, 0.25) is 5.89 Å². The lowest BCUT2D eigenvalue weighted by atomic mass is 10.2. The Morgan fingerprint density at radius 1 is 1.06 bits per heavy atom. The van der Waals surface area contributed by atoms with Gasteiger partial charge < -0.3 is 4.42 Å². The zero-order chi connectivity index (χ0) is 11.0. The van der Waals surface area contributed by atoms with E-state index in [1.807, 2.05) is 43.3 Å². The van der Waals surface area contributed by atoms with Crippen LogP contribution < -0.4 is 0 Å². The molecule has 0 fully saturated rings. The van der Waals surface area contributed by atoms with Crippen molar-refractivity contribution in [3.63, 3.8) is 0 Å². The molecular formula is C13H10N2O. The highest BCUT2D eigenvalue weighted by Gasteiger charge is 2.10. The molecule has 78 valence electrons. The van der Waals surface area contributed by atoms with E-state index in [0.29, 0.717) is 5.89 Å². The molecule has 0 radical (unpaired) electrons. The van der Waals surface area contributed by atoms with Crippen molar-refractivity contribution >= 4 is 11.1 Å². The Hall–Kier alpha value is -2.16. The molecule has 0 bridgehead atoms. The summed E-state index contributed by atoms with van der Waals surface area (Å²) in [5.41, 5.74) is 3.53. The van der Waals surface area contributed by atoms with Gasteiger partial charge in [0.1, 0.15) is 11.2 Å². The number of hydrogen-bond donors (Lipinski definition) is 0. The van der Waals surface area contributed by atoms with E-state index in [4.69, 9.17) is 4.42 Å². The maximum Gasteiger partial charge on any atom is 0.246 e. The number of aromatic nitrogens is 2. The largest absolute Gasteiger partial charge is 0.435 e. The minimum Gasteiger partial charge on any atom is -0.435 e. The third-order valence-corrected chi connectivity index (χ3v) is 2.51. The molecule has 0 amide bonds. The quantitative estimate of drug-likeness (QED) is 0.619. The van der Waals surface area contributed by atoms with Gasteiger partial charge in [0.25, 0.3) is 0 Å². The van der Waals surface area contributed by atoms with Crippen molar-refractivity contribution < 1.29 is 4.42 Å². The molecule has 0 aliphatic heterocycles. The van der Waals surface area contributed by atoms with Gasteiger partial charge >= 0.3 is 0 Å². The summed E-state index contributed by atoms with van der Waals surface area (Å²) >= 11 is 0. The zero-order valence-electron chi connectivity index (χ0n) is 8.84. The highest BCUT2D eigenvalue weighted by atomic mass is 16.3. The number of aryl methyl sites for hydroxylation is 1. The van der Waals surface area contributed by atoms with Crippen LogP contribution in [0.1, 0.15) is 5.56 Å². The van der Waals surface area contributed by atoms with E-state index < -0.39 is 0 Å². The summed E-state index contributed by atoms with van der Waals surface area (Å²) in [6.07, 6.45) is 1.75. The van der Waals surface area contributed by atoms with E-state index in [-0.39, 0.29) is 0 Å². The molecule has 0 aliphatic rings. The fourth-order valence-corrected chi connectivity index (χ4v) is 1.68. The minimum atomic E-state index is 0.583. The molecule has 2 heterocycles. The highest BCUT2D eigenvalue weighted by Crippen LogP contribution is 2.24. The topological polar surface area (TPSA) is 38.9 Å². The van der Waals surface area contributed by atoms with E-state index in [9.17, 15) is 0 Å². The summed E-state index contributed by atoms with van der Waals surface area (Å²) in [6.45, 7) is 2.00. The molecule has 0 N–H and O–H groups in total. The Kier molecular flexibility index (Phi) is 1.96. The second-order valence-electron chi connectivity index (χ2n) is 3.66. The van der Waals surface area contributed by atoms with Gasteiger partial charge in [0.15, 0.2) is 5.58 Å². The molecule has 3 nitrogen and oxygen atoms in total. The van der Waals surface area contributed by atoms with E-state index in [1.165, 1.54) is 0 Å². The third-order valence-electron chi connectivity index (χ3n) is 2.51. The molecule has 2 aromatic heterocycles. The number of oxazole rings is 1. The van der Waals surface area contributed by atoms with Crippen LogP contribution in [0.25, 0.3) is 22.7 Å². The lowest BCUT2D eigenvalue weighted by molar-refractivity contribution is 0.616. The first kappa shape index (κ1) is 9.09. The fraction of sp³-hybridized carbons (Fsp3) is 0.0769. The highest BCUT2D eigenvalue weighted by molar-refractivity contribution is 5.75. The number of para-hydroxylation sites is 2. The molecule has 3 rings (SSSR count). The first-order valence-electron chi connectivity index (χ1n) is 5.12. The summed E-state index contributed by atoms with van der Waals surface area (Å²) < 4.78 is 5.66. The molecule has 0 spiro atoms. The monoisotopic (exact) mass is 210 g/mol. The van der Waals surface area contributed by atoms with Crippen molar-refractivity contribution in [2.45, 2.75) is 6.92 Å². The second kappa shape index (κ2) is 3.45. The number of fused-ring (bicyclic) bond motifs is 1. The van der Waals surface area contributed by atoms with Gasteiger partial charge in [-0.2, -0.15) is 0 Å². The molecule has 1 aromatic carbocycles. The Balaban J connectivity index is 2.23. The van der Waals surface area contributed by atoms with Crippen LogP contribution in [0, 0.1) is 6.92 Å². The van der Waals surface area contributed by atoms with Gasteiger partial charge in [-0.1, -0.05) is 18.2 Å². The predicted octanol–water partition coefficient (Wildman–Crippen LogP) is 3.20. The van der Waals surface area contributed by atoms with Crippen LogP contribution >= 0.6 is 0 Å². The molecule has 0 saturated carbocycles. The molecule has 3 aromatic rings. The Labute approximate surface area is 92.8 Å². The van der Waals surface area contributed by atoms with Gasteiger partial charge in [0.05, 0.1) is 0 Å². The van der Waals surface area contributed by atoms with E-state index in [1.54, 1.807) is 6.20 Å². The SMILES string of the molecule is Cc1cccnc1-c1nc2ccccc2o1. The van der Waals surface area contributed by atoms with Gasteiger partial charge in [-0.05, 0) is 30.7 Å². The summed E-state index contributed by atoms with van der Waals surface area (Å²) in [5.74, 6) is 0.583. The Bertz CT molecular complexity index is 610. The first-order chi connectivity index (χ1) is 7.84. The lowest BCUT2D eigenvalue weighted by Gasteiger charge is -1.97. The fourth-order valence-electron chi connectivity index (χ4n) is 1.68. The average molecular weight is 210 g/mol. The van der Waals surface area contributed by atoms with Crippen LogP contribution in [0.4, 0.5) is 0 Å². The number of nitrogens with zero attached hydrogens (tertiary/aromatic N) is 2. The van der Waals surface area contributed by atoms with E-state index in [2.05, 4.69) is 9.97 Å². The van der Waals surface area contributed by atoms with Crippen molar-refractivity contribution in [3.05, 3.63) is 48.2 Å². The van der Waals surface area contributed by atoms with Crippen molar-refractivity contribution in [2.24, 2.45) is 0 Å². The van der Waals surface area contributed by atoms with Crippen molar-refractivity contribution in [1.29, 1.82) is 0 Å². The maximum atomic E-state index is 5.66. The molecular weight excluding hydrogens is 200 g/mol. The van der Waals surface area contributed by atoms with Gasteiger partial charge in [-0.3, -0.25) is 4.98 Å². The predicted molar refractivity (Wildman–Crippen MR) is 62.0 cm³/mol. The van der Waals surface area contributed by atoms with E-state index >= 15 is 0 Å². The minimum absolute atomic E-state index is 0.583. The van der Waals surface area contributed by atoms with Gasteiger partial charge in [0, 0.05) is 6.20 Å². The summed E-state index contributed by atoms with van der Waals surface area (Å²) in [6, 6.07) is 11.6. The third kappa shape index (κ3) is 1.37. The van der Waals surface area contributed by atoms with Gasteiger partial charge in [-0.25, -0.2) is 4.98 Å². The maximum absolute atomic E-state index is 5.66. The molecule has 0 saturated heterocycles. The van der Waals surface area contributed by atoms with Crippen molar-refractivity contribution in [2.75, 3.05) is 0 Å². The molecule has 3 heteroatoms. The normalized spacial score (nSPS) is 10.8. The standard InChI is InChI=1S/C13H10N2O/c1-9-5-4-8-14-12(9)13-15-10-6-2-3-7-11(10)16-13/h2-8H,1H3. The number of pyridine rings is 1.